The number of phenols is 2. The summed E-state index contributed by atoms with van der Waals surface area (Å²) in [6.45, 7) is 9.24. The van der Waals surface area contributed by atoms with Gasteiger partial charge in [0.05, 0.1) is 28.1 Å². The molecule has 3 N–H and O–H groups in total. The lowest BCUT2D eigenvalue weighted by Crippen LogP contribution is -2.67. The van der Waals surface area contributed by atoms with Crippen LogP contribution in [0.2, 0.25) is 0 Å². The summed E-state index contributed by atoms with van der Waals surface area (Å²) in [5.74, 6) is -3.11. The highest BCUT2D eigenvalue weighted by Crippen LogP contribution is 2.58. The zero-order valence-corrected chi connectivity index (χ0v) is 21.1. The Hall–Kier alpha value is -1.34. The van der Waals surface area contributed by atoms with Crippen LogP contribution in [-0.4, -0.2) is 54.4 Å². The zero-order valence-electron chi connectivity index (χ0n) is 19.6. The molecule has 2 aliphatic carbocycles. The number of Topliss-reactive ketones (excluding diaryl/α,β-unsaturated/α-hetero) is 2. The van der Waals surface area contributed by atoms with Gasteiger partial charge in [-0.05, 0) is 63.9 Å². The maximum atomic E-state index is 14.1. The van der Waals surface area contributed by atoms with Gasteiger partial charge in [0.2, 0.25) is 0 Å². The van der Waals surface area contributed by atoms with Crippen LogP contribution in [0, 0.1) is 17.3 Å². The predicted molar refractivity (Wildman–Crippen MR) is 125 cm³/mol. The molecule has 0 unspecified atom stereocenters. The molecule has 1 heterocycles. The second-order valence-corrected chi connectivity index (χ2v) is 12.4. The average molecular weight is 499 g/mol. The van der Waals surface area contributed by atoms with Crippen molar-refractivity contribution in [3.05, 3.63) is 23.3 Å². The third-order valence-electron chi connectivity index (χ3n) is 8.37. The fraction of sp³-hybridized carbons (Fsp3) is 0.680. The summed E-state index contributed by atoms with van der Waals surface area (Å²) >= 11 is 13.3. The smallest absolute Gasteiger partial charge is 0.196 e. The molecule has 8 heteroatoms. The highest BCUT2D eigenvalue weighted by molar-refractivity contribution is 6.24. The van der Waals surface area contributed by atoms with Crippen LogP contribution in [0.5, 0.6) is 11.5 Å². The molecule has 4 rings (SSSR count). The van der Waals surface area contributed by atoms with E-state index in [-0.39, 0.29) is 35.1 Å². The molecule has 0 amide bonds. The summed E-state index contributed by atoms with van der Waals surface area (Å²) in [5.41, 5.74) is -4.43. The van der Waals surface area contributed by atoms with Gasteiger partial charge in [-0.15, -0.1) is 23.2 Å². The van der Waals surface area contributed by atoms with Gasteiger partial charge in [-0.25, -0.2) is 0 Å². The highest BCUT2D eigenvalue weighted by Gasteiger charge is 2.65. The highest BCUT2D eigenvalue weighted by atomic mass is 35.5. The zero-order chi connectivity index (χ0) is 24.7. The Kier molecular flexibility index (Phi) is 5.69. The first kappa shape index (κ1) is 24.8. The first-order valence-corrected chi connectivity index (χ1v) is 12.3. The Morgan fingerprint density at radius 3 is 2.33 bits per heavy atom. The molecule has 1 aromatic carbocycles. The Morgan fingerprint density at radius 2 is 1.70 bits per heavy atom. The molecule has 1 aliphatic heterocycles. The summed E-state index contributed by atoms with van der Waals surface area (Å²) < 4.78 is 6.50. The second kappa shape index (κ2) is 7.58. The first-order chi connectivity index (χ1) is 15.0. The van der Waals surface area contributed by atoms with E-state index in [1.807, 2.05) is 13.8 Å². The van der Waals surface area contributed by atoms with Gasteiger partial charge in [0.25, 0.3) is 0 Å². The number of phenolic OH excluding ortho intramolecular Hbond substituents is 2. The Morgan fingerprint density at radius 1 is 1.06 bits per heavy atom. The molecular weight excluding hydrogens is 467 g/mol. The van der Waals surface area contributed by atoms with E-state index in [9.17, 15) is 24.9 Å². The average Bonchev–Trinajstić information content (AvgIpc) is 2.68. The molecule has 6 nitrogen and oxygen atoms in total. The third-order valence-corrected chi connectivity index (χ3v) is 9.85. The molecule has 2 fully saturated rings. The number of hydrogen-bond acceptors (Lipinski definition) is 6. The summed E-state index contributed by atoms with van der Waals surface area (Å²) in [6, 6.07) is 2.25. The quantitative estimate of drug-likeness (QED) is 0.504. The lowest BCUT2D eigenvalue weighted by Gasteiger charge is -2.58. The number of fused-ring (bicyclic) bond motifs is 2. The molecule has 6 atom stereocenters. The van der Waals surface area contributed by atoms with E-state index in [4.69, 9.17) is 27.9 Å². The standard InChI is InChI=1S/C25H32Cl2O6/c1-22(2)16(24(5,32)7-6-17(22)26)11-25-14(10-18(27)23(3,4)33-25)20(30)19-13(21(25)31)8-12(28)9-15(19)29/h8-9,14,16-18,28-29,32H,6-7,10-11H2,1-5H3/t14-,16-,17-,18-,24-,25-/m0/s1. The first-order valence-electron chi connectivity index (χ1n) is 11.4. The van der Waals surface area contributed by atoms with Crippen molar-refractivity contribution >= 4 is 34.8 Å². The van der Waals surface area contributed by atoms with Crippen molar-refractivity contribution in [2.24, 2.45) is 17.3 Å². The van der Waals surface area contributed by atoms with Crippen molar-refractivity contribution in [1.82, 2.24) is 0 Å². The number of alkyl halides is 2. The minimum atomic E-state index is -1.61. The minimum absolute atomic E-state index is 0.0638. The van der Waals surface area contributed by atoms with Gasteiger partial charge in [0, 0.05) is 17.0 Å². The van der Waals surface area contributed by atoms with Crippen LogP contribution in [0.25, 0.3) is 0 Å². The van der Waals surface area contributed by atoms with Gasteiger partial charge in [-0.1, -0.05) is 13.8 Å². The number of rotatable bonds is 2. The molecule has 1 saturated carbocycles. The van der Waals surface area contributed by atoms with Crippen molar-refractivity contribution in [2.45, 2.75) is 87.9 Å². The number of carbonyl (C=O) groups is 2. The van der Waals surface area contributed by atoms with E-state index in [2.05, 4.69) is 0 Å². The van der Waals surface area contributed by atoms with Crippen LogP contribution in [0.15, 0.2) is 12.1 Å². The summed E-state index contributed by atoms with van der Waals surface area (Å²) in [4.78, 5) is 27.8. The topological polar surface area (TPSA) is 104 Å². The monoisotopic (exact) mass is 498 g/mol. The largest absolute Gasteiger partial charge is 0.508 e. The number of carbonyl (C=O) groups excluding carboxylic acids is 2. The number of aromatic hydroxyl groups is 2. The van der Waals surface area contributed by atoms with Crippen LogP contribution in [0.1, 0.15) is 81.0 Å². The second-order valence-electron chi connectivity index (χ2n) is 11.4. The van der Waals surface area contributed by atoms with Gasteiger partial charge in [0.15, 0.2) is 11.6 Å². The van der Waals surface area contributed by atoms with Crippen molar-refractivity contribution in [2.75, 3.05) is 0 Å². The van der Waals surface area contributed by atoms with E-state index in [1.54, 1.807) is 20.8 Å². The lowest BCUT2D eigenvalue weighted by molar-refractivity contribution is -0.196. The van der Waals surface area contributed by atoms with Gasteiger partial charge in [0.1, 0.15) is 17.1 Å². The number of ether oxygens (including phenoxy) is 1. The van der Waals surface area contributed by atoms with E-state index < -0.39 is 56.7 Å². The van der Waals surface area contributed by atoms with E-state index in [1.165, 1.54) is 6.07 Å². The van der Waals surface area contributed by atoms with Gasteiger partial charge in [-0.3, -0.25) is 9.59 Å². The fourth-order valence-electron chi connectivity index (χ4n) is 6.31. The van der Waals surface area contributed by atoms with E-state index in [0.717, 1.165) is 6.07 Å². The van der Waals surface area contributed by atoms with Gasteiger partial charge in [-0.2, -0.15) is 0 Å². The Labute approximate surface area is 204 Å². The number of hydrogen-bond donors (Lipinski definition) is 3. The van der Waals surface area contributed by atoms with E-state index >= 15 is 0 Å². The number of aliphatic hydroxyl groups is 1. The fourth-order valence-corrected chi connectivity index (χ4v) is 6.79. The molecule has 33 heavy (non-hydrogen) atoms. The molecular formula is C25H32Cl2O6. The molecule has 182 valence electrons. The molecule has 0 spiro atoms. The minimum Gasteiger partial charge on any atom is -0.508 e. The predicted octanol–water partition coefficient (Wildman–Crippen LogP) is 4.82. The molecule has 0 radical (unpaired) electrons. The molecule has 1 aromatic rings. The van der Waals surface area contributed by atoms with Crippen molar-refractivity contribution < 1.29 is 29.6 Å². The van der Waals surface area contributed by atoms with Crippen LogP contribution < -0.4 is 0 Å². The van der Waals surface area contributed by atoms with Gasteiger partial charge >= 0.3 is 0 Å². The van der Waals surface area contributed by atoms with Crippen LogP contribution in [0.3, 0.4) is 0 Å². The number of ketones is 2. The number of benzene rings is 1. The van der Waals surface area contributed by atoms with Crippen LogP contribution >= 0.6 is 23.2 Å². The van der Waals surface area contributed by atoms with E-state index in [0.29, 0.717) is 12.8 Å². The van der Waals surface area contributed by atoms with Crippen molar-refractivity contribution in [3.8, 4) is 11.5 Å². The summed E-state index contributed by atoms with van der Waals surface area (Å²) in [5, 5.41) is 31.1. The SMILES string of the molecule is CC1(C)O[C@]2(C[C@H]3C(C)(C)[C@@H](Cl)CC[C@]3(C)O)C(=O)c3cc(O)cc(O)c3C(=O)[C@@H]2C[C@@H]1Cl. The molecule has 0 bridgehead atoms. The molecule has 3 aliphatic rings. The van der Waals surface area contributed by atoms with Crippen molar-refractivity contribution in [3.63, 3.8) is 0 Å². The number of halogens is 2. The van der Waals surface area contributed by atoms with Crippen molar-refractivity contribution in [1.29, 1.82) is 0 Å². The lowest BCUT2D eigenvalue weighted by atomic mass is 9.54. The molecule has 1 saturated heterocycles. The molecule has 0 aromatic heterocycles. The van der Waals surface area contributed by atoms with Gasteiger partial charge < -0.3 is 20.1 Å². The third kappa shape index (κ3) is 3.60. The Balaban J connectivity index is 1.93. The summed E-state index contributed by atoms with van der Waals surface area (Å²) in [7, 11) is 0. The maximum absolute atomic E-state index is 14.1. The maximum Gasteiger partial charge on any atom is 0.196 e. The van der Waals surface area contributed by atoms with Crippen LogP contribution in [-0.2, 0) is 4.74 Å². The Bertz CT molecular complexity index is 1020. The van der Waals surface area contributed by atoms with Crippen LogP contribution in [0.4, 0.5) is 0 Å². The summed E-state index contributed by atoms with van der Waals surface area (Å²) in [6.07, 6.45) is 1.33. The normalized spacial score (nSPS) is 39.6.